The molecule has 0 atom stereocenters. The molecule has 0 spiro atoms. The molecule has 2 heterocycles. The lowest BCUT2D eigenvalue weighted by Crippen LogP contribution is -2.01. The maximum absolute atomic E-state index is 4.50. The van der Waals surface area contributed by atoms with Gasteiger partial charge in [0.25, 0.3) is 0 Å². The van der Waals surface area contributed by atoms with Gasteiger partial charge in [-0.05, 0) is 32.6 Å². The van der Waals surface area contributed by atoms with Gasteiger partial charge in [-0.3, -0.25) is 4.40 Å². The Morgan fingerprint density at radius 1 is 1.38 bits per heavy atom. The summed E-state index contributed by atoms with van der Waals surface area (Å²) in [6.45, 7) is 2.06. The molecule has 0 saturated carbocycles. The summed E-state index contributed by atoms with van der Waals surface area (Å²) < 4.78 is 2.29. The summed E-state index contributed by atoms with van der Waals surface area (Å²) in [5.41, 5.74) is 2.66. The van der Waals surface area contributed by atoms with Crippen molar-refractivity contribution in [3.63, 3.8) is 0 Å². The van der Waals surface area contributed by atoms with Crippen LogP contribution < -0.4 is 0 Å². The van der Waals surface area contributed by atoms with Crippen molar-refractivity contribution in [2.24, 2.45) is 0 Å². The highest BCUT2D eigenvalue weighted by Gasteiger charge is 2.16. The van der Waals surface area contributed by atoms with Crippen LogP contribution in [0.2, 0.25) is 0 Å². The third-order valence-electron chi connectivity index (χ3n) is 2.69. The van der Waals surface area contributed by atoms with E-state index in [0.29, 0.717) is 0 Å². The minimum absolute atomic E-state index is 1.14. The van der Waals surface area contributed by atoms with Crippen LogP contribution in [0.1, 0.15) is 29.1 Å². The minimum Gasteiger partial charge on any atom is -0.294 e. The van der Waals surface area contributed by atoms with Crippen LogP contribution in [0.25, 0.3) is 4.96 Å². The second-order valence-corrected chi connectivity index (χ2v) is 4.78. The summed E-state index contributed by atoms with van der Waals surface area (Å²) in [4.78, 5) is 7.25. The van der Waals surface area contributed by atoms with Crippen LogP contribution in [0.5, 0.6) is 0 Å². The van der Waals surface area contributed by atoms with Crippen molar-refractivity contribution < 1.29 is 0 Å². The number of hydrogen-bond donors (Lipinski definition) is 0. The number of nitrogens with zero attached hydrogens (tertiary/aromatic N) is 2. The Balaban J connectivity index is 2.30. The summed E-state index contributed by atoms with van der Waals surface area (Å²) in [6.07, 6.45) is 7.37. The molecule has 0 aliphatic heterocycles. The lowest BCUT2D eigenvalue weighted by Gasteiger charge is -2.09. The van der Waals surface area contributed by atoms with Crippen molar-refractivity contribution in [3.05, 3.63) is 22.5 Å². The van der Waals surface area contributed by atoms with E-state index in [9.17, 15) is 0 Å². The topological polar surface area (TPSA) is 17.3 Å². The van der Waals surface area contributed by atoms with Gasteiger partial charge in [0, 0.05) is 16.8 Å². The minimum atomic E-state index is 1.14. The first-order valence-electron chi connectivity index (χ1n) is 4.81. The average Bonchev–Trinajstić information content (AvgIpc) is 2.60. The zero-order chi connectivity index (χ0) is 8.84. The number of aromatic nitrogens is 2. The van der Waals surface area contributed by atoms with Gasteiger partial charge >= 0.3 is 0 Å². The Morgan fingerprint density at radius 2 is 2.23 bits per heavy atom. The van der Waals surface area contributed by atoms with Gasteiger partial charge in [0.2, 0.25) is 0 Å². The van der Waals surface area contributed by atoms with Gasteiger partial charge in [0.05, 0.1) is 5.69 Å². The van der Waals surface area contributed by atoms with Crippen LogP contribution >= 0.6 is 11.3 Å². The van der Waals surface area contributed by atoms with Gasteiger partial charge in [-0.2, -0.15) is 0 Å². The summed E-state index contributed by atoms with van der Waals surface area (Å²) in [7, 11) is 0. The number of imidazole rings is 1. The first-order valence-corrected chi connectivity index (χ1v) is 5.62. The Labute approximate surface area is 81.2 Å². The molecule has 0 fully saturated rings. The van der Waals surface area contributed by atoms with Gasteiger partial charge in [0.1, 0.15) is 0 Å². The maximum Gasteiger partial charge on any atom is 0.194 e. The lowest BCUT2D eigenvalue weighted by molar-refractivity contribution is 0.674. The zero-order valence-corrected chi connectivity index (χ0v) is 8.52. The molecule has 0 unspecified atom stereocenters. The van der Waals surface area contributed by atoms with Crippen molar-refractivity contribution in [3.8, 4) is 0 Å². The van der Waals surface area contributed by atoms with Crippen LogP contribution in [0, 0.1) is 6.92 Å². The van der Waals surface area contributed by atoms with Crippen LogP contribution in [-0.2, 0) is 12.8 Å². The summed E-state index contributed by atoms with van der Waals surface area (Å²) in [6, 6.07) is 0. The third-order valence-corrected chi connectivity index (χ3v) is 3.85. The zero-order valence-electron chi connectivity index (χ0n) is 7.71. The van der Waals surface area contributed by atoms with E-state index in [0.717, 1.165) is 5.69 Å². The molecule has 13 heavy (non-hydrogen) atoms. The van der Waals surface area contributed by atoms with E-state index in [4.69, 9.17) is 0 Å². The molecule has 0 radical (unpaired) electrons. The van der Waals surface area contributed by atoms with Gasteiger partial charge in [0.15, 0.2) is 4.96 Å². The Morgan fingerprint density at radius 3 is 3.15 bits per heavy atom. The van der Waals surface area contributed by atoms with Crippen LogP contribution in [0.4, 0.5) is 0 Å². The Bertz CT molecular complexity index is 453. The van der Waals surface area contributed by atoms with E-state index in [1.807, 2.05) is 11.3 Å². The van der Waals surface area contributed by atoms with Crippen molar-refractivity contribution >= 4 is 16.3 Å². The van der Waals surface area contributed by atoms with Gasteiger partial charge in [-0.25, -0.2) is 4.98 Å². The summed E-state index contributed by atoms with van der Waals surface area (Å²) >= 11 is 1.87. The number of fused-ring (bicyclic) bond motifs is 3. The number of thiazole rings is 1. The van der Waals surface area contributed by atoms with E-state index in [1.54, 1.807) is 4.88 Å². The molecule has 3 heteroatoms. The normalized spacial score (nSPS) is 16.4. The fourth-order valence-corrected chi connectivity index (χ4v) is 3.31. The Kier molecular flexibility index (Phi) is 1.50. The molecule has 2 aromatic rings. The van der Waals surface area contributed by atoms with Gasteiger partial charge in [-0.15, -0.1) is 11.3 Å². The smallest absolute Gasteiger partial charge is 0.194 e. The SMILES string of the molecule is Cc1cn2c3c(sc2n1)CCCC3. The molecule has 0 saturated heterocycles. The van der Waals surface area contributed by atoms with E-state index in [2.05, 4.69) is 22.5 Å². The molecule has 2 aromatic heterocycles. The second-order valence-electron chi connectivity index (χ2n) is 3.71. The molecular formula is C10H12N2S. The quantitative estimate of drug-likeness (QED) is 0.627. The predicted octanol–water partition coefficient (Wildman–Crippen LogP) is 2.58. The fourth-order valence-electron chi connectivity index (χ4n) is 2.08. The first-order chi connectivity index (χ1) is 6.34. The third kappa shape index (κ3) is 1.03. The Hall–Kier alpha value is -0.830. The van der Waals surface area contributed by atoms with Crippen molar-refractivity contribution in [1.82, 2.24) is 9.38 Å². The maximum atomic E-state index is 4.50. The second kappa shape index (κ2) is 2.58. The molecule has 0 N–H and O–H groups in total. The standard InChI is InChI=1S/C10H12N2S/c1-7-6-12-8-4-2-3-5-9(8)13-10(12)11-7/h6H,2-5H2,1H3. The van der Waals surface area contributed by atoms with Crippen molar-refractivity contribution in [2.75, 3.05) is 0 Å². The van der Waals surface area contributed by atoms with E-state index in [1.165, 1.54) is 36.3 Å². The van der Waals surface area contributed by atoms with Crippen LogP contribution in [0.3, 0.4) is 0 Å². The molecule has 0 aromatic carbocycles. The molecular weight excluding hydrogens is 180 g/mol. The molecule has 0 amide bonds. The highest BCUT2D eigenvalue weighted by atomic mass is 32.1. The van der Waals surface area contributed by atoms with Gasteiger partial charge in [-0.1, -0.05) is 0 Å². The number of hydrogen-bond acceptors (Lipinski definition) is 2. The number of rotatable bonds is 0. The molecule has 3 rings (SSSR count). The molecule has 1 aliphatic rings. The fraction of sp³-hybridized carbons (Fsp3) is 0.500. The first kappa shape index (κ1) is 7.56. The van der Waals surface area contributed by atoms with Gasteiger partial charge < -0.3 is 0 Å². The van der Waals surface area contributed by atoms with E-state index >= 15 is 0 Å². The van der Waals surface area contributed by atoms with E-state index < -0.39 is 0 Å². The molecule has 2 nitrogen and oxygen atoms in total. The van der Waals surface area contributed by atoms with Crippen molar-refractivity contribution in [1.29, 1.82) is 0 Å². The highest BCUT2D eigenvalue weighted by Crippen LogP contribution is 2.29. The van der Waals surface area contributed by atoms with Crippen LogP contribution in [-0.4, -0.2) is 9.38 Å². The van der Waals surface area contributed by atoms with Crippen molar-refractivity contribution in [2.45, 2.75) is 32.6 Å². The lowest BCUT2D eigenvalue weighted by atomic mass is 10.0. The average molecular weight is 192 g/mol. The number of aryl methyl sites for hydroxylation is 3. The monoisotopic (exact) mass is 192 g/mol. The highest BCUT2D eigenvalue weighted by molar-refractivity contribution is 7.17. The summed E-state index contributed by atoms with van der Waals surface area (Å²) in [5.74, 6) is 0. The largest absolute Gasteiger partial charge is 0.294 e. The van der Waals surface area contributed by atoms with E-state index in [-0.39, 0.29) is 0 Å². The predicted molar refractivity (Wildman–Crippen MR) is 54.4 cm³/mol. The molecule has 1 aliphatic carbocycles. The van der Waals surface area contributed by atoms with Crippen LogP contribution in [0.15, 0.2) is 6.20 Å². The summed E-state index contributed by atoms with van der Waals surface area (Å²) in [5, 5.41) is 0. The molecule has 68 valence electrons. The molecule has 0 bridgehead atoms.